The number of carboxylic acids is 1. The highest BCUT2D eigenvalue weighted by atomic mass is 16.5. The van der Waals surface area contributed by atoms with Gasteiger partial charge in [0.15, 0.2) is 0 Å². The van der Waals surface area contributed by atoms with Crippen molar-refractivity contribution < 1.29 is 29.0 Å². The molecule has 0 spiro atoms. The van der Waals surface area contributed by atoms with Crippen LogP contribution in [-0.4, -0.2) is 37.2 Å². The third-order valence-electron chi connectivity index (χ3n) is 2.46. The molecule has 0 aliphatic rings. The minimum atomic E-state index is -1.06. The van der Waals surface area contributed by atoms with E-state index in [1.54, 1.807) is 0 Å². The summed E-state index contributed by atoms with van der Waals surface area (Å²) in [4.78, 5) is 33.4. The number of hydrogen-bond donors (Lipinski definition) is 2. The van der Waals surface area contributed by atoms with Gasteiger partial charge in [0, 0.05) is 6.42 Å². The molecule has 1 aromatic carbocycles. The number of hydrogen-bond acceptors (Lipinski definition) is 5. The van der Waals surface area contributed by atoms with Crippen molar-refractivity contribution in [3.63, 3.8) is 0 Å². The number of amides is 1. The molecule has 1 amide bonds. The second-order valence-corrected chi connectivity index (χ2v) is 3.85. The molecule has 20 heavy (non-hydrogen) atoms. The highest BCUT2D eigenvalue weighted by molar-refractivity contribution is 5.96. The summed E-state index contributed by atoms with van der Waals surface area (Å²) >= 11 is 0. The molecule has 108 valence electrons. The smallest absolute Gasteiger partial charge is 0.337 e. The quantitative estimate of drug-likeness (QED) is 0.762. The lowest BCUT2D eigenvalue weighted by Gasteiger charge is -2.11. The number of nitrogens with one attached hydrogen (secondary N) is 1. The zero-order valence-corrected chi connectivity index (χ0v) is 11.1. The highest BCUT2D eigenvalue weighted by Crippen LogP contribution is 2.26. The predicted octanol–water partition coefficient (Wildman–Crippen LogP) is 1.29. The Morgan fingerprint density at radius 3 is 2.45 bits per heavy atom. The average Bonchev–Trinajstić information content (AvgIpc) is 2.44. The maximum absolute atomic E-state index is 11.6. The molecule has 0 atom stereocenters. The number of anilines is 1. The molecule has 0 aliphatic carbocycles. The molecule has 0 saturated carbocycles. The summed E-state index contributed by atoms with van der Waals surface area (Å²) < 4.78 is 9.64. The standard InChI is InChI=1S/C13H15NO6/c1-19-10-4-3-8(13(18)20-2)7-9(10)14-11(15)5-6-12(16)17/h3-4,7H,5-6H2,1-2H3,(H,14,15)(H,16,17). The molecule has 1 rings (SSSR count). The fourth-order valence-corrected chi connectivity index (χ4v) is 1.48. The van der Waals surface area contributed by atoms with E-state index in [0.717, 1.165) is 0 Å². The van der Waals surface area contributed by atoms with E-state index in [-0.39, 0.29) is 24.1 Å². The number of esters is 1. The number of benzene rings is 1. The average molecular weight is 281 g/mol. The summed E-state index contributed by atoms with van der Waals surface area (Å²) in [6.45, 7) is 0. The number of aliphatic carboxylic acids is 1. The van der Waals surface area contributed by atoms with Crippen molar-refractivity contribution in [3.05, 3.63) is 23.8 Å². The molecule has 0 bridgehead atoms. The van der Waals surface area contributed by atoms with Gasteiger partial charge in [-0.2, -0.15) is 0 Å². The Morgan fingerprint density at radius 2 is 1.90 bits per heavy atom. The van der Waals surface area contributed by atoms with Crippen LogP contribution in [0.4, 0.5) is 5.69 Å². The van der Waals surface area contributed by atoms with E-state index in [9.17, 15) is 14.4 Å². The molecule has 0 aromatic heterocycles. The lowest BCUT2D eigenvalue weighted by Crippen LogP contribution is -2.14. The van der Waals surface area contributed by atoms with E-state index in [0.29, 0.717) is 5.75 Å². The lowest BCUT2D eigenvalue weighted by molar-refractivity contribution is -0.138. The van der Waals surface area contributed by atoms with Gasteiger partial charge in [-0.05, 0) is 18.2 Å². The molecular weight excluding hydrogens is 266 g/mol. The van der Waals surface area contributed by atoms with Crippen LogP contribution < -0.4 is 10.1 Å². The van der Waals surface area contributed by atoms with Gasteiger partial charge in [-0.3, -0.25) is 9.59 Å². The van der Waals surface area contributed by atoms with E-state index in [2.05, 4.69) is 10.1 Å². The molecule has 2 N–H and O–H groups in total. The number of carbonyl (C=O) groups is 3. The summed E-state index contributed by atoms with van der Waals surface area (Å²) in [5, 5.41) is 11.0. The third-order valence-corrected chi connectivity index (χ3v) is 2.46. The van der Waals surface area contributed by atoms with Crippen molar-refractivity contribution in [3.8, 4) is 5.75 Å². The first-order valence-electron chi connectivity index (χ1n) is 5.76. The van der Waals surface area contributed by atoms with Gasteiger partial charge in [0.05, 0.1) is 31.9 Å². The summed E-state index contributed by atoms with van der Waals surface area (Å²) in [6.07, 6.45) is -0.439. The molecule has 0 fully saturated rings. The van der Waals surface area contributed by atoms with Gasteiger partial charge in [0.2, 0.25) is 5.91 Å². The lowest BCUT2D eigenvalue weighted by atomic mass is 10.1. The number of rotatable bonds is 6. The minimum absolute atomic E-state index is 0.166. The first-order valence-corrected chi connectivity index (χ1v) is 5.76. The fourth-order valence-electron chi connectivity index (χ4n) is 1.48. The second kappa shape index (κ2) is 7.13. The van der Waals surface area contributed by atoms with E-state index in [4.69, 9.17) is 9.84 Å². The zero-order chi connectivity index (χ0) is 15.1. The van der Waals surface area contributed by atoms with E-state index in [1.165, 1.54) is 32.4 Å². The molecule has 0 aliphatic heterocycles. The Hall–Kier alpha value is -2.57. The van der Waals surface area contributed by atoms with Crippen molar-refractivity contribution in [2.24, 2.45) is 0 Å². The SMILES string of the molecule is COC(=O)c1ccc(OC)c(NC(=O)CCC(=O)O)c1. The monoisotopic (exact) mass is 281 g/mol. The molecular formula is C13H15NO6. The third kappa shape index (κ3) is 4.27. The van der Waals surface area contributed by atoms with Crippen LogP contribution in [0.25, 0.3) is 0 Å². The van der Waals surface area contributed by atoms with Gasteiger partial charge in [-0.15, -0.1) is 0 Å². The Balaban J connectivity index is 2.88. The van der Waals surface area contributed by atoms with Crippen LogP contribution in [0.1, 0.15) is 23.2 Å². The van der Waals surface area contributed by atoms with Gasteiger partial charge in [0.25, 0.3) is 0 Å². The van der Waals surface area contributed by atoms with Crippen LogP contribution >= 0.6 is 0 Å². The summed E-state index contributed by atoms with van der Waals surface area (Å²) in [5.74, 6) is -1.72. The van der Waals surface area contributed by atoms with Crippen LogP contribution in [0, 0.1) is 0 Å². The van der Waals surface area contributed by atoms with Crippen molar-refractivity contribution in [1.82, 2.24) is 0 Å². The molecule has 0 heterocycles. The number of methoxy groups -OCH3 is 2. The Kier molecular flexibility index (Phi) is 5.52. The van der Waals surface area contributed by atoms with Crippen molar-refractivity contribution >= 4 is 23.5 Å². The zero-order valence-electron chi connectivity index (χ0n) is 11.1. The van der Waals surface area contributed by atoms with Crippen LogP contribution in [0.2, 0.25) is 0 Å². The van der Waals surface area contributed by atoms with Gasteiger partial charge in [-0.1, -0.05) is 0 Å². The van der Waals surface area contributed by atoms with Crippen LogP contribution in [0.3, 0.4) is 0 Å². The van der Waals surface area contributed by atoms with Gasteiger partial charge < -0.3 is 19.9 Å². The minimum Gasteiger partial charge on any atom is -0.495 e. The molecule has 1 aromatic rings. The predicted molar refractivity (Wildman–Crippen MR) is 69.8 cm³/mol. The first kappa shape index (κ1) is 15.5. The normalized spacial score (nSPS) is 9.70. The second-order valence-electron chi connectivity index (χ2n) is 3.85. The summed E-state index contributed by atoms with van der Waals surface area (Å²) in [7, 11) is 2.66. The van der Waals surface area contributed by atoms with Gasteiger partial charge in [-0.25, -0.2) is 4.79 Å². The maximum Gasteiger partial charge on any atom is 0.337 e. The van der Waals surface area contributed by atoms with Gasteiger partial charge >= 0.3 is 11.9 Å². The van der Waals surface area contributed by atoms with Crippen molar-refractivity contribution in [2.75, 3.05) is 19.5 Å². The maximum atomic E-state index is 11.6. The van der Waals surface area contributed by atoms with Crippen LogP contribution in [0.5, 0.6) is 5.75 Å². The van der Waals surface area contributed by atoms with Crippen molar-refractivity contribution in [2.45, 2.75) is 12.8 Å². The molecule has 0 saturated heterocycles. The summed E-state index contributed by atoms with van der Waals surface area (Å²) in [5.41, 5.74) is 0.535. The molecule has 0 radical (unpaired) electrons. The molecule has 7 nitrogen and oxygen atoms in total. The van der Waals surface area contributed by atoms with E-state index < -0.39 is 17.8 Å². The number of carboxylic acid groups (broad SMARTS) is 1. The first-order chi connectivity index (χ1) is 9.47. The van der Waals surface area contributed by atoms with Crippen molar-refractivity contribution in [1.29, 1.82) is 0 Å². The highest BCUT2D eigenvalue weighted by Gasteiger charge is 2.13. The fraction of sp³-hybridized carbons (Fsp3) is 0.308. The van der Waals surface area contributed by atoms with Crippen LogP contribution in [-0.2, 0) is 14.3 Å². The van der Waals surface area contributed by atoms with Crippen LogP contribution in [0.15, 0.2) is 18.2 Å². The molecule has 0 unspecified atom stereocenters. The summed E-state index contributed by atoms with van der Waals surface area (Å²) in [6, 6.07) is 4.42. The number of ether oxygens (including phenoxy) is 2. The Morgan fingerprint density at radius 1 is 1.20 bits per heavy atom. The van der Waals surface area contributed by atoms with E-state index >= 15 is 0 Å². The Bertz CT molecular complexity index is 526. The van der Waals surface area contributed by atoms with Gasteiger partial charge in [0.1, 0.15) is 5.75 Å². The largest absolute Gasteiger partial charge is 0.495 e. The topological polar surface area (TPSA) is 102 Å². The Labute approximate surface area is 115 Å². The number of carbonyl (C=O) groups excluding carboxylic acids is 2. The van der Waals surface area contributed by atoms with E-state index in [1.807, 2.05) is 0 Å². The molecule has 7 heteroatoms.